The van der Waals surface area contributed by atoms with Gasteiger partial charge < -0.3 is 10.0 Å². The lowest BCUT2D eigenvalue weighted by Crippen LogP contribution is -2.31. The summed E-state index contributed by atoms with van der Waals surface area (Å²) in [7, 11) is 0. The highest BCUT2D eigenvalue weighted by Gasteiger charge is 2.24. The lowest BCUT2D eigenvalue weighted by molar-refractivity contribution is 0.0700. The maximum Gasteiger partial charge on any atom is 0.347 e. The first-order valence-electron chi connectivity index (χ1n) is 6.92. The summed E-state index contributed by atoms with van der Waals surface area (Å²) in [6.07, 6.45) is 1.93. The van der Waals surface area contributed by atoms with Crippen LogP contribution in [0, 0.1) is 0 Å². The highest BCUT2D eigenvalue weighted by Crippen LogP contribution is 2.33. The molecule has 1 unspecified atom stereocenters. The number of nitrogens with zero attached hydrogens (tertiary/aromatic N) is 2. The van der Waals surface area contributed by atoms with Gasteiger partial charge in [0.1, 0.15) is 4.88 Å². The monoisotopic (exact) mass is 284 g/mol. The molecule has 1 heterocycles. The molecule has 0 aromatic carbocycles. The Labute approximate surface area is 119 Å². The average molecular weight is 284 g/mol. The van der Waals surface area contributed by atoms with Crippen molar-refractivity contribution in [1.82, 2.24) is 4.98 Å². The second kappa shape index (κ2) is 6.89. The van der Waals surface area contributed by atoms with Gasteiger partial charge in [0.05, 0.1) is 5.69 Å². The molecule has 1 atom stereocenters. The van der Waals surface area contributed by atoms with Crippen molar-refractivity contribution in [3.63, 3.8) is 0 Å². The van der Waals surface area contributed by atoms with E-state index in [1.165, 1.54) is 11.3 Å². The standard InChI is InChI=1S/C14H24N2O2S/c1-6-8-16(9(3)4)14-15-11(10(5)7-2)12(19-14)13(17)18/h9-10H,6-8H2,1-5H3,(H,17,18). The third-order valence-corrected chi connectivity index (χ3v) is 4.35. The Morgan fingerprint density at radius 3 is 2.42 bits per heavy atom. The Balaban J connectivity index is 3.18. The summed E-state index contributed by atoms with van der Waals surface area (Å²) in [5.41, 5.74) is 0.733. The van der Waals surface area contributed by atoms with Crippen molar-refractivity contribution in [2.45, 2.75) is 59.4 Å². The number of hydrogen-bond donors (Lipinski definition) is 1. The van der Waals surface area contributed by atoms with Crippen LogP contribution in [-0.4, -0.2) is 28.6 Å². The van der Waals surface area contributed by atoms with Gasteiger partial charge in [-0.05, 0) is 32.6 Å². The molecular weight excluding hydrogens is 260 g/mol. The number of hydrogen-bond acceptors (Lipinski definition) is 4. The molecule has 108 valence electrons. The van der Waals surface area contributed by atoms with Crippen molar-refractivity contribution in [2.75, 3.05) is 11.4 Å². The molecule has 0 aliphatic rings. The summed E-state index contributed by atoms with van der Waals surface area (Å²) in [4.78, 5) is 18.5. The topological polar surface area (TPSA) is 53.4 Å². The van der Waals surface area contributed by atoms with E-state index >= 15 is 0 Å². The van der Waals surface area contributed by atoms with Gasteiger partial charge in [0.25, 0.3) is 0 Å². The first-order valence-corrected chi connectivity index (χ1v) is 7.74. The molecule has 0 radical (unpaired) electrons. The quantitative estimate of drug-likeness (QED) is 0.823. The molecule has 0 amide bonds. The maximum atomic E-state index is 11.4. The number of aromatic nitrogens is 1. The Morgan fingerprint density at radius 2 is 2.00 bits per heavy atom. The molecule has 1 aromatic rings. The van der Waals surface area contributed by atoms with Crippen molar-refractivity contribution in [3.05, 3.63) is 10.6 Å². The van der Waals surface area contributed by atoms with Crippen molar-refractivity contribution in [1.29, 1.82) is 0 Å². The normalized spacial score (nSPS) is 12.7. The molecular formula is C14H24N2O2S. The minimum absolute atomic E-state index is 0.187. The number of carbonyl (C=O) groups is 1. The lowest BCUT2D eigenvalue weighted by atomic mass is 10.0. The van der Waals surface area contributed by atoms with E-state index in [0.717, 1.165) is 30.2 Å². The summed E-state index contributed by atoms with van der Waals surface area (Å²) < 4.78 is 0. The summed E-state index contributed by atoms with van der Waals surface area (Å²) >= 11 is 1.30. The van der Waals surface area contributed by atoms with Crippen molar-refractivity contribution >= 4 is 22.4 Å². The Kier molecular flexibility index (Phi) is 5.79. The molecule has 0 saturated carbocycles. The zero-order valence-electron chi connectivity index (χ0n) is 12.4. The molecule has 1 aromatic heterocycles. The maximum absolute atomic E-state index is 11.4. The highest BCUT2D eigenvalue weighted by atomic mass is 32.1. The molecule has 0 aliphatic carbocycles. The molecule has 19 heavy (non-hydrogen) atoms. The fourth-order valence-electron chi connectivity index (χ4n) is 1.94. The van der Waals surface area contributed by atoms with Crippen LogP contribution in [0.15, 0.2) is 0 Å². The zero-order chi connectivity index (χ0) is 14.6. The van der Waals surface area contributed by atoms with Crippen LogP contribution < -0.4 is 4.90 Å². The summed E-state index contributed by atoms with van der Waals surface area (Å²) in [6, 6.07) is 0.331. The Morgan fingerprint density at radius 1 is 1.37 bits per heavy atom. The van der Waals surface area contributed by atoms with Gasteiger partial charge in [0, 0.05) is 12.6 Å². The summed E-state index contributed by atoms with van der Waals surface area (Å²) in [6.45, 7) is 11.3. The average Bonchev–Trinajstić information content (AvgIpc) is 2.79. The molecule has 0 bridgehead atoms. The van der Waals surface area contributed by atoms with Gasteiger partial charge in [0.15, 0.2) is 5.13 Å². The smallest absolute Gasteiger partial charge is 0.347 e. The van der Waals surface area contributed by atoms with Gasteiger partial charge in [-0.3, -0.25) is 0 Å². The number of thiazole rings is 1. The zero-order valence-corrected chi connectivity index (χ0v) is 13.3. The van der Waals surface area contributed by atoms with Gasteiger partial charge in [-0.1, -0.05) is 32.1 Å². The van der Waals surface area contributed by atoms with Crippen LogP contribution in [0.2, 0.25) is 0 Å². The van der Waals surface area contributed by atoms with Crippen LogP contribution in [0.1, 0.15) is 68.7 Å². The molecule has 4 nitrogen and oxygen atoms in total. The van der Waals surface area contributed by atoms with Gasteiger partial charge in [-0.25, -0.2) is 9.78 Å². The number of anilines is 1. The molecule has 1 N–H and O–H groups in total. The van der Waals surface area contributed by atoms with Gasteiger partial charge in [0.2, 0.25) is 0 Å². The second-order valence-corrected chi connectivity index (χ2v) is 6.09. The van der Waals surface area contributed by atoms with Crippen LogP contribution in [0.5, 0.6) is 0 Å². The minimum atomic E-state index is -0.862. The fourth-order valence-corrected chi connectivity index (χ4v) is 3.12. The van der Waals surface area contributed by atoms with E-state index in [1.807, 2.05) is 6.92 Å². The Bertz CT molecular complexity index is 429. The van der Waals surface area contributed by atoms with E-state index in [4.69, 9.17) is 0 Å². The first-order chi connectivity index (χ1) is 8.92. The van der Waals surface area contributed by atoms with Crippen LogP contribution in [0.4, 0.5) is 5.13 Å². The molecule has 0 aliphatic heterocycles. The molecule has 0 fully saturated rings. The van der Waals surface area contributed by atoms with E-state index in [0.29, 0.717) is 10.9 Å². The number of rotatable bonds is 7. The molecule has 5 heteroatoms. The van der Waals surface area contributed by atoms with E-state index < -0.39 is 5.97 Å². The van der Waals surface area contributed by atoms with E-state index in [2.05, 4.69) is 37.6 Å². The van der Waals surface area contributed by atoms with E-state index in [9.17, 15) is 9.90 Å². The van der Waals surface area contributed by atoms with Crippen molar-refractivity contribution in [3.8, 4) is 0 Å². The first kappa shape index (κ1) is 16.0. The van der Waals surface area contributed by atoms with Gasteiger partial charge >= 0.3 is 5.97 Å². The summed E-state index contributed by atoms with van der Waals surface area (Å²) in [5.74, 6) is -0.675. The molecule has 1 rings (SSSR count). The third-order valence-electron chi connectivity index (χ3n) is 3.25. The van der Waals surface area contributed by atoms with Crippen molar-refractivity contribution in [2.24, 2.45) is 0 Å². The van der Waals surface area contributed by atoms with Crippen LogP contribution >= 0.6 is 11.3 Å². The predicted octanol–water partition coefficient (Wildman–Crippen LogP) is 3.98. The SMILES string of the molecule is CCCN(c1nc(C(C)CC)c(C(=O)O)s1)C(C)C. The number of aromatic carboxylic acids is 1. The number of carboxylic acids is 1. The van der Waals surface area contributed by atoms with Crippen LogP contribution in [0.25, 0.3) is 0 Å². The predicted molar refractivity (Wildman–Crippen MR) is 80.6 cm³/mol. The van der Waals surface area contributed by atoms with Gasteiger partial charge in [-0.15, -0.1) is 0 Å². The van der Waals surface area contributed by atoms with Crippen molar-refractivity contribution < 1.29 is 9.90 Å². The third kappa shape index (κ3) is 3.69. The largest absolute Gasteiger partial charge is 0.477 e. The van der Waals surface area contributed by atoms with Crippen LogP contribution in [0.3, 0.4) is 0 Å². The molecule has 0 saturated heterocycles. The van der Waals surface area contributed by atoms with Gasteiger partial charge in [-0.2, -0.15) is 0 Å². The number of carboxylic acid groups (broad SMARTS) is 1. The Hall–Kier alpha value is -1.10. The molecule has 0 spiro atoms. The minimum Gasteiger partial charge on any atom is -0.477 e. The fraction of sp³-hybridized carbons (Fsp3) is 0.714. The second-order valence-electron chi connectivity index (χ2n) is 5.11. The van der Waals surface area contributed by atoms with Crippen LogP contribution in [-0.2, 0) is 0 Å². The van der Waals surface area contributed by atoms with E-state index in [1.54, 1.807) is 0 Å². The highest BCUT2D eigenvalue weighted by molar-refractivity contribution is 7.17. The summed E-state index contributed by atoms with van der Waals surface area (Å²) in [5, 5.41) is 10.2. The van der Waals surface area contributed by atoms with E-state index in [-0.39, 0.29) is 5.92 Å². The lowest BCUT2D eigenvalue weighted by Gasteiger charge is -2.25.